The number of nitrogens with one attached hydrogen (secondary N) is 1. The second-order valence-electron chi connectivity index (χ2n) is 9.03. The average molecular weight is 536 g/mol. The van der Waals surface area contributed by atoms with E-state index in [9.17, 15) is 9.18 Å². The summed E-state index contributed by atoms with van der Waals surface area (Å²) in [6, 6.07) is 22.0. The van der Waals surface area contributed by atoms with E-state index in [0.717, 1.165) is 17.5 Å². The minimum absolute atomic E-state index is 0.0992. The normalized spacial score (nSPS) is 17.2. The van der Waals surface area contributed by atoms with Gasteiger partial charge in [-0.25, -0.2) is 9.37 Å². The molecule has 1 saturated carbocycles. The van der Waals surface area contributed by atoms with Gasteiger partial charge in [0.1, 0.15) is 11.9 Å². The Morgan fingerprint density at radius 2 is 1.81 bits per heavy atom. The molecule has 1 unspecified atom stereocenters. The highest BCUT2D eigenvalue weighted by molar-refractivity contribution is 6.36. The molecule has 0 radical (unpaired) electrons. The van der Waals surface area contributed by atoms with Crippen LogP contribution in [0.3, 0.4) is 0 Å². The first kappa shape index (κ1) is 25.1. The molecule has 3 aromatic carbocycles. The summed E-state index contributed by atoms with van der Waals surface area (Å²) < 4.78 is 20.0. The summed E-state index contributed by atoms with van der Waals surface area (Å²) in [5.74, 6) is 0.157. The number of benzene rings is 3. The summed E-state index contributed by atoms with van der Waals surface area (Å²) in [5, 5.41) is 3.30. The molecule has 188 valence electrons. The molecule has 3 N–H and O–H groups in total. The molecule has 0 spiro atoms. The third kappa shape index (κ3) is 5.41. The maximum atomic E-state index is 14.0. The van der Waals surface area contributed by atoms with Crippen molar-refractivity contribution in [1.82, 2.24) is 10.3 Å². The van der Waals surface area contributed by atoms with Gasteiger partial charge >= 0.3 is 0 Å². The maximum Gasteiger partial charge on any atom is 0.251 e. The molecule has 1 aliphatic rings. The Hall–Kier alpha value is -3.61. The van der Waals surface area contributed by atoms with E-state index < -0.39 is 11.9 Å². The van der Waals surface area contributed by atoms with E-state index in [0.29, 0.717) is 22.8 Å². The number of nitrogen functional groups attached to an aromatic ring is 1. The first-order valence-electron chi connectivity index (χ1n) is 11.8. The molecule has 1 amide bonds. The zero-order chi connectivity index (χ0) is 26.1. The molecule has 1 aliphatic carbocycles. The van der Waals surface area contributed by atoms with Gasteiger partial charge in [0, 0.05) is 39.9 Å². The number of ether oxygens (including phenoxy) is 1. The lowest BCUT2D eigenvalue weighted by Gasteiger charge is -2.19. The summed E-state index contributed by atoms with van der Waals surface area (Å²) >= 11 is 12.4. The van der Waals surface area contributed by atoms with Crippen LogP contribution in [0.15, 0.2) is 79.0 Å². The summed E-state index contributed by atoms with van der Waals surface area (Å²) in [4.78, 5) is 17.0. The molecule has 0 bridgehead atoms. The second-order valence-corrected chi connectivity index (χ2v) is 9.82. The van der Waals surface area contributed by atoms with Gasteiger partial charge in [0.15, 0.2) is 11.6 Å². The molecule has 8 heteroatoms. The molecule has 0 aliphatic heterocycles. The molecule has 1 heterocycles. The van der Waals surface area contributed by atoms with Crippen LogP contribution < -0.4 is 15.8 Å². The fourth-order valence-corrected chi connectivity index (χ4v) is 5.04. The van der Waals surface area contributed by atoms with E-state index in [2.05, 4.69) is 22.4 Å². The van der Waals surface area contributed by atoms with Crippen LogP contribution in [-0.4, -0.2) is 16.9 Å². The fourth-order valence-electron chi connectivity index (χ4n) is 4.36. The number of aromatic nitrogens is 1. The highest BCUT2D eigenvalue weighted by Gasteiger charge is 2.39. The van der Waals surface area contributed by atoms with Crippen LogP contribution in [0.5, 0.6) is 5.75 Å². The number of pyridine rings is 1. The predicted octanol–water partition coefficient (Wildman–Crippen LogP) is 7.20. The van der Waals surface area contributed by atoms with Gasteiger partial charge in [0.25, 0.3) is 5.91 Å². The summed E-state index contributed by atoms with van der Waals surface area (Å²) in [5.41, 5.74) is 9.76. The molecule has 5 nitrogen and oxygen atoms in total. The van der Waals surface area contributed by atoms with Crippen molar-refractivity contribution in [2.24, 2.45) is 0 Å². The lowest BCUT2D eigenvalue weighted by molar-refractivity contribution is 0.0950. The Bertz CT molecular complexity index is 1450. The van der Waals surface area contributed by atoms with E-state index in [-0.39, 0.29) is 27.8 Å². The lowest BCUT2D eigenvalue weighted by Crippen LogP contribution is -2.26. The van der Waals surface area contributed by atoms with Gasteiger partial charge in [-0.2, -0.15) is 0 Å². The predicted molar refractivity (Wildman–Crippen MR) is 145 cm³/mol. The molecular weight excluding hydrogens is 512 g/mol. The Kier molecular flexibility index (Phi) is 7.04. The third-order valence-electron chi connectivity index (χ3n) is 6.49. The van der Waals surface area contributed by atoms with Crippen LogP contribution in [0.1, 0.15) is 46.9 Å². The van der Waals surface area contributed by atoms with Crippen molar-refractivity contribution in [3.05, 3.63) is 112 Å². The van der Waals surface area contributed by atoms with Crippen molar-refractivity contribution >= 4 is 34.9 Å². The number of rotatable bonds is 7. The number of anilines is 1. The Morgan fingerprint density at radius 3 is 2.54 bits per heavy atom. The van der Waals surface area contributed by atoms with Crippen LogP contribution >= 0.6 is 23.2 Å². The van der Waals surface area contributed by atoms with Crippen molar-refractivity contribution in [3.8, 4) is 16.9 Å². The third-order valence-corrected chi connectivity index (χ3v) is 7.20. The number of carbonyl (C=O) groups excluding carboxylic acids is 1. The Morgan fingerprint density at radius 1 is 1.08 bits per heavy atom. The van der Waals surface area contributed by atoms with Gasteiger partial charge in [-0.15, -0.1) is 0 Å². The second kappa shape index (κ2) is 10.4. The fraction of sp³-hybridized carbons (Fsp3) is 0.172. The first-order chi connectivity index (χ1) is 17.8. The number of nitrogens with zero attached hydrogens (tertiary/aromatic N) is 1. The summed E-state index contributed by atoms with van der Waals surface area (Å²) in [6.45, 7) is 1.70. The van der Waals surface area contributed by atoms with Crippen LogP contribution in [0, 0.1) is 5.82 Å². The Balaban J connectivity index is 1.28. The van der Waals surface area contributed by atoms with E-state index in [1.807, 2.05) is 30.3 Å². The van der Waals surface area contributed by atoms with Crippen LogP contribution in [0.4, 0.5) is 10.2 Å². The molecule has 1 fully saturated rings. The molecule has 3 atom stereocenters. The van der Waals surface area contributed by atoms with Crippen LogP contribution in [0.25, 0.3) is 11.1 Å². The van der Waals surface area contributed by atoms with Gasteiger partial charge in [0.05, 0.1) is 5.02 Å². The number of halogens is 3. The van der Waals surface area contributed by atoms with E-state index in [1.54, 1.807) is 31.3 Å². The topological polar surface area (TPSA) is 77.2 Å². The maximum absolute atomic E-state index is 14.0. The largest absolute Gasteiger partial charge is 0.482 e. The van der Waals surface area contributed by atoms with Gasteiger partial charge in [-0.3, -0.25) is 4.79 Å². The van der Waals surface area contributed by atoms with Crippen LogP contribution in [-0.2, 0) is 0 Å². The molecule has 5 rings (SSSR count). The molecule has 0 saturated heterocycles. The van der Waals surface area contributed by atoms with E-state index in [4.69, 9.17) is 33.7 Å². The van der Waals surface area contributed by atoms with E-state index >= 15 is 0 Å². The summed E-state index contributed by atoms with van der Waals surface area (Å²) in [6.07, 6.45) is 1.89. The number of nitrogens with two attached hydrogens (primary N) is 1. The highest BCUT2D eigenvalue weighted by Crippen LogP contribution is 2.41. The van der Waals surface area contributed by atoms with Crippen molar-refractivity contribution in [2.75, 3.05) is 5.73 Å². The van der Waals surface area contributed by atoms with Crippen molar-refractivity contribution in [3.63, 3.8) is 0 Å². The van der Waals surface area contributed by atoms with E-state index in [1.165, 1.54) is 17.7 Å². The van der Waals surface area contributed by atoms with Crippen LogP contribution in [0.2, 0.25) is 10.0 Å². The number of hydrogen-bond acceptors (Lipinski definition) is 4. The first-order valence-corrected chi connectivity index (χ1v) is 12.6. The zero-order valence-corrected chi connectivity index (χ0v) is 21.4. The Labute approximate surface area is 224 Å². The number of amides is 1. The molecular formula is C29H24Cl2FN3O2. The average Bonchev–Trinajstić information content (AvgIpc) is 3.67. The van der Waals surface area contributed by atoms with Gasteiger partial charge < -0.3 is 15.8 Å². The zero-order valence-electron chi connectivity index (χ0n) is 19.9. The smallest absolute Gasteiger partial charge is 0.251 e. The number of hydrogen-bond donors (Lipinski definition) is 2. The van der Waals surface area contributed by atoms with Crippen molar-refractivity contribution in [2.45, 2.75) is 31.4 Å². The highest BCUT2D eigenvalue weighted by atomic mass is 35.5. The molecule has 4 aromatic rings. The molecule has 37 heavy (non-hydrogen) atoms. The molecule has 1 aromatic heterocycles. The van der Waals surface area contributed by atoms with Crippen molar-refractivity contribution < 1.29 is 13.9 Å². The lowest BCUT2D eigenvalue weighted by atomic mass is 10.0. The quantitative estimate of drug-likeness (QED) is 0.245. The minimum atomic E-state index is -0.678. The minimum Gasteiger partial charge on any atom is -0.482 e. The SMILES string of the molecule is CC(Oc1cc(-c2ccc(C(=O)N[C@H]3C[C@@H]3c3ccccc3)cc2)cnc1N)c1c(Cl)ccc(F)c1Cl. The monoisotopic (exact) mass is 535 g/mol. The number of carbonyl (C=O) groups is 1. The summed E-state index contributed by atoms with van der Waals surface area (Å²) in [7, 11) is 0. The van der Waals surface area contributed by atoms with Crippen molar-refractivity contribution in [1.29, 1.82) is 0 Å². The standard InChI is InChI=1S/C29H24Cl2FN3O2/c1-16(26-22(30)11-12-23(32)27(26)31)37-25-13-20(15-34-28(25)33)17-7-9-19(10-8-17)29(36)35-24-14-21(24)18-5-3-2-4-6-18/h2-13,15-16,21,24H,14H2,1H3,(H2,33,34)(H,35,36)/t16?,21-,24+/m1/s1. The van der Waals surface area contributed by atoms with Gasteiger partial charge in [0.2, 0.25) is 0 Å². The van der Waals surface area contributed by atoms with Gasteiger partial charge in [-0.1, -0.05) is 65.7 Å². The van der Waals surface area contributed by atoms with Gasteiger partial charge in [-0.05, 0) is 54.8 Å².